The van der Waals surface area contributed by atoms with E-state index in [0.717, 1.165) is 16.5 Å². The van der Waals surface area contributed by atoms with Gasteiger partial charge in [-0.3, -0.25) is 4.72 Å². The molecular weight excluding hydrogens is 350 g/mol. The van der Waals surface area contributed by atoms with Crippen LogP contribution in [0.3, 0.4) is 0 Å². The molecule has 128 valence electrons. The first-order valence-electron chi connectivity index (χ1n) is 6.87. The molecule has 6 nitrogen and oxygen atoms in total. The Morgan fingerprint density at radius 1 is 1.21 bits per heavy atom. The number of carboxylic acids is 1. The quantitative estimate of drug-likeness (QED) is 0.762. The molecule has 0 radical (unpaired) electrons. The normalized spacial score (nSPS) is 11.1. The van der Waals surface area contributed by atoms with E-state index in [1.54, 1.807) is 24.8 Å². The molecule has 0 amide bonds. The van der Waals surface area contributed by atoms with E-state index in [1.807, 2.05) is 18.4 Å². The molecule has 0 heterocycles. The smallest absolute Gasteiger partial charge is 0.339 e. The minimum absolute atomic E-state index is 0.0990. The first-order chi connectivity index (χ1) is 11.3. The zero-order valence-corrected chi connectivity index (χ0v) is 15.0. The number of anilines is 1. The van der Waals surface area contributed by atoms with Gasteiger partial charge in [-0.2, -0.15) is 0 Å². The SMILES string of the molecule is COc1ccc(S(=O)(=O)Nc2ccc(SC)cc2C)cc1C(=O)O. The van der Waals surface area contributed by atoms with Crippen LogP contribution in [0.15, 0.2) is 46.2 Å². The third-order valence-electron chi connectivity index (χ3n) is 3.39. The van der Waals surface area contributed by atoms with E-state index in [0.29, 0.717) is 5.69 Å². The Morgan fingerprint density at radius 3 is 2.46 bits per heavy atom. The zero-order valence-electron chi connectivity index (χ0n) is 13.4. The molecular formula is C16H17NO5S2. The Labute approximate surface area is 144 Å². The third-order valence-corrected chi connectivity index (χ3v) is 5.48. The Kier molecular flexibility index (Phi) is 5.40. The molecule has 0 aliphatic carbocycles. The fourth-order valence-electron chi connectivity index (χ4n) is 2.10. The van der Waals surface area contributed by atoms with Crippen molar-refractivity contribution in [3.8, 4) is 5.75 Å². The standard InChI is InChI=1S/C16H17NO5S2/c1-10-8-11(23-3)4-6-14(10)17-24(20,21)12-5-7-15(22-2)13(9-12)16(18)19/h4-9,17H,1-3H3,(H,18,19). The average molecular weight is 367 g/mol. The van der Waals surface area contributed by atoms with E-state index in [2.05, 4.69) is 4.72 Å². The predicted molar refractivity (Wildman–Crippen MR) is 93.7 cm³/mol. The summed E-state index contributed by atoms with van der Waals surface area (Å²) in [5, 5.41) is 9.18. The highest BCUT2D eigenvalue weighted by Crippen LogP contribution is 2.27. The van der Waals surface area contributed by atoms with Crippen molar-refractivity contribution in [2.24, 2.45) is 0 Å². The number of aryl methyl sites for hydroxylation is 1. The highest BCUT2D eigenvalue weighted by atomic mass is 32.2. The molecule has 0 aliphatic heterocycles. The summed E-state index contributed by atoms with van der Waals surface area (Å²) < 4.78 is 32.5. The van der Waals surface area contributed by atoms with Crippen LogP contribution in [0.4, 0.5) is 5.69 Å². The number of nitrogens with one attached hydrogen (secondary N) is 1. The second kappa shape index (κ2) is 7.14. The van der Waals surface area contributed by atoms with Crippen LogP contribution < -0.4 is 9.46 Å². The Hall–Kier alpha value is -2.19. The van der Waals surface area contributed by atoms with Crippen molar-refractivity contribution >= 4 is 33.4 Å². The van der Waals surface area contributed by atoms with E-state index in [-0.39, 0.29) is 16.2 Å². The molecule has 2 N–H and O–H groups in total. The van der Waals surface area contributed by atoms with Gasteiger partial charge < -0.3 is 9.84 Å². The first kappa shape index (κ1) is 18.2. The van der Waals surface area contributed by atoms with Crippen molar-refractivity contribution < 1.29 is 23.1 Å². The molecule has 0 aliphatic rings. The van der Waals surface area contributed by atoms with Crippen LogP contribution in [-0.4, -0.2) is 32.9 Å². The van der Waals surface area contributed by atoms with Crippen LogP contribution >= 0.6 is 11.8 Å². The number of hydrogen-bond acceptors (Lipinski definition) is 5. The van der Waals surface area contributed by atoms with Crippen molar-refractivity contribution in [2.45, 2.75) is 16.7 Å². The number of thioether (sulfide) groups is 1. The number of aromatic carboxylic acids is 1. The van der Waals surface area contributed by atoms with Gasteiger partial charge in [-0.25, -0.2) is 13.2 Å². The molecule has 0 atom stereocenters. The van der Waals surface area contributed by atoms with Gasteiger partial charge in [0.15, 0.2) is 0 Å². The molecule has 24 heavy (non-hydrogen) atoms. The van der Waals surface area contributed by atoms with Crippen molar-refractivity contribution in [2.75, 3.05) is 18.1 Å². The summed E-state index contributed by atoms with van der Waals surface area (Å²) in [5.74, 6) is -1.16. The number of carbonyl (C=O) groups is 1. The fraction of sp³-hybridized carbons (Fsp3) is 0.188. The van der Waals surface area contributed by atoms with Crippen molar-refractivity contribution in [1.82, 2.24) is 0 Å². The van der Waals surface area contributed by atoms with Crippen LogP contribution in [-0.2, 0) is 10.0 Å². The summed E-state index contributed by atoms with van der Waals surface area (Å²) >= 11 is 1.56. The summed E-state index contributed by atoms with van der Waals surface area (Å²) in [6, 6.07) is 9.07. The van der Waals surface area contributed by atoms with Gasteiger partial charge in [0.2, 0.25) is 0 Å². The monoisotopic (exact) mass is 367 g/mol. The molecule has 0 aromatic heterocycles. The highest BCUT2D eigenvalue weighted by Gasteiger charge is 2.20. The Morgan fingerprint density at radius 2 is 1.92 bits per heavy atom. The van der Waals surface area contributed by atoms with Gasteiger partial charge in [0.05, 0.1) is 17.7 Å². The van der Waals surface area contributed by atoms with Crippen molar-refractivity contribution in [1.29, 1.82) is 0 Å². The fourth-order valence-corrected chi connectivity index (χ4v) is 3.76. The molecule has 8 heteroatoms. The first-order valence-corrected chi connectivity index (χ1v) is 9.58. The van der Waals surface area contributed by atoms with E-state index in [4.69, 9.17) is 4.74 Å². The zero-order chi connectivity index (χ0) is 17.9. The Bertz CT molecular complexity index is 878. The number of carboxylic acid groups (broad SMARTS) is 1. The van der Waals surface area contributed by atoms with Crippen LogP contribution in [0.1, 0.15) is 15.9 Å². The summed E-state index contributed by atoms with van der Waals surface area (Å²) in [7, 11) is -2.59. The minimum Gasteiger partial charge on any atom is -0.496 e. The number of methoxy groups -OCH3 is 1. The van der Waals surface area contributed by atoms with Crippen molar-refractivity contribution in [3.05, 3.63) is 47.5 Å². The number of benzene rings is 2. The van der Waals surface area contributed by atoms with Gasteiger partial charge >= 0.3 is 5.97 Å². The van der Waals surface area contributed by atoms with Gasteiger partial charge in [0, 0.05) is 4.90 Å². The molecule has 0 unspecified atom stereocenters. The lowest BCUT2D eigenvalue weighted by molar-refractivity contribution is 0.0693. The van der Waals surface area contributed by atoms with E-state index >= 15 is 0 Å². The summed E-state index contributed by atoms with van der Waals surface area (Å²) in [5.41, 5.74) is 1.01. The lowest BCUT2D eigenvalue weighted by Gasteiger charge is -2.13. The number of sulfonamides is 1. The molecule has 0 saturated heterocycles. The maximum Gasteiger partial charge on any atom is 0.339 e. The van der Waals surface area contributed by atoms with Crippen molar-refractivity contribution in [3.63, 3.8) is 0 Å². The maximum absolute atomic E-state index is 12.5. The summed E-state index contributed by atoms with van der Waals surface area (Å²) in [4.78, 5) is 12.1. The minimum atomic E-state index is -3.91. The van der Waals surface area contributed by atoms with Gasteiger partial charge in [0.1, 0.15) is 11.3 Å². The van der Waals surface area contributed by atoms with Crippen LogP contribution in [0, 0.1) is 6.92 Å². The molecule has 2 aromatic carbocycles. The van der Waals surface area contributed by atoms with E-state index < -0.39 is 16.0 Å². The molecule has 0 fully saturated rings. The van der Waals surface area contributed by atoms with Gasteiger partial charge in [0.25, 0.3) is 10.0 Å². The predicted octanol–water partition coefficient (Wildman–Crippen LogP) is 3.22. The van der Waals surface area contributed by atoms with Crippen LogP contribution in [0.25, 0.3) is 0 Å². The lowest BCUT2D eigenvalue weighted by atomic mass is 10.2. The largest absolute Gasteiger partial charge is 0.496 e. The average Bonchev–Trinajstić information content (AvgIpc) is 2.55. The number of hydrogen-bond donors (Lipinski definition) is 2. The molecule has 2 rings (SSSR count). The van der Waals surface area contributed by atoms with Crippen LogP contribution in [0.2, 0.25) is 0 Å². The van der Waals surface area contributed by atoms with Gasteiger partial charge in [-0.15, -0.1) is 11.8 Å². The van der Waals surface area contributed by atoms with Gasteiger partial charge in [-0.05, 0) is 55.1 Å². The topological polar surface area (TPSA) is 92.7 Å². The maximum atomic E-state index is 12.5. The van der Waals surface area contributed by atoms with E-state index in [1.165, 1.54) is 19.2 Å². The molecule has 0 saturated carbocycles. The summed E-state index contributed by atoms with van der Waals surface area (Å²) in [6.45, 7) is 1.80. The number of rotatable bonds is 6. The summed E-state index contributed by atoms with van der Waals surface area (Å²) in [6.07, 6.45) is 1.93. The highest BCUT2D eigenvalue weighted by molar-refractivity contribution is 7.98. The second-order valence-corrected chi connectivity index (χ2v) is 7.52. The lowest BCUT2D eigenvalue weighted by Crippen LogP contribution is -2.15. The molecule has 2 aromatic rings. The molecule has 0 bridgehead atoms. The third kappa shape index (κ3) is 3.82. The molecule has 0 spiro atoms. The van der Waals surface area contributed by atoms with E-state index in [9.17, 15) is 18.3 Å². The second-order valence-electron chi connectivity index (χ2n) is 4.95. The Balaban J connectivity index is 2.41. The number of ether oxygens (including phenoxy) is 1. The van der Waals surface area contributed by atoms with Gasteiger partial charge in [-0.1, -0.05) is 0 Å². The van der Waals surface area contributed by atoms with Crippen LogP contribution in [0.5, 0.6) is 5.75 Å².